The van der Waals surface area contributed by atoms with Gasteiger partial charge in [-0.1, -0.05) is 19.0 Å². The fraction of sp³-hybridized carbons (Fsp3) is 0.818. The Bertz CT molecular complexity index is 356. The van der Waals surface area contributed by atoms with Crippen LogP contribution in [0.3, 0.4) is 0 Å². The van der Waals surface area contributed by atoms with Gasteiger partial charge in [0.1, 0.15) is 0 Å². The Hall–Kier alpha value is -0.590. The molecule has 0 aromatic carbocycles. The van der Waals surface area contributed by atoms with E-state index in [-0.39, 0.29) is 12.1 Å². The first kappa shape index (κ1) is 12.9. The summed E-state index contributed by atoms with van der Waals surface area (Å²) in [7, 11) is 0. The molecule has 17 heavy (non-hydrogen) atoms. The Labute approximate surface area is 105 Å². The molecule has 1 aromatic rings. The maximum Gasteiger partial charge on any atom is 0.243 e. The zero-order valence-corrected chi connectivity index (χ0v) is 11.0. The van der Waals surface area contributed by atoms with E-state index in [2.05, 4.69) is 29.3 Å². The van der Waals surface area contributed by atoms with E-state index < -0.39 is 0 Å². The van der Waals surface area contributed by atoms with Gasteiger partial charge < -0.3 is 14.9 Å². The number of rotatable bonds is 5. The van der Waals surface area contributed by atoms with Crippen molar-refractivity contribution >= 4 is 11.8 Å². The van der Waals surface area contributed by atoms with Crippen LogP contribution in [0.5, 0.6) is 0 Å². The lowest BCUT2D eigenvalue weighted by Crippen LogP contribution is -2.15. The van der Waals surface area contributed by atoms with Crippen LogP contribution in [0.2, 0.25) is 0 Å². The largest absolute Gasteiger partial charge is 0.392 e. The molecule has 0 saturated carbocycles. The Morgan fingerprint density at radius 2 is 2.41 bits per heavy atom. The van der Waals surface area contributed by atoms with Gasteiger partial charge >= 0.3 is 0 Å². The van der Waals surface area contributed by atoms with Gasteiger partial charge in [-0.05, 0) is 18.1 Å². The van der Waals surface area contributed by atoms with Gasteiger partial charge in [0.2, 0.25) is 5.89 Å². The van der Waals surface area contributed by atoms with Gasteiger partial charge in [-0.25, -0.2) is 0 Å². The molecule has 1 aliphatic heterocycles. The fourth-order valence-corrected chi connectivity index (χ4v) is 2.65. The smallest absolute Gasteiger partial charge is 0.243 e. The lowest BCUT2D eigenvalue weighted by Gasteiger charge is -2.02. The number of hydrogen-bond donors (Lipinski definition) is 2. The number of aliphatic hydroxyl groups excluding tert-OH is 1. The van der Waals surface area contributed by atoms with E-state index in [9.17, 15) is 5.11 Å². The summed E-state index contributed by atoms with van der Waals surface area (Å²) in [5.41, 5.74) is 0. The Balaban J connectivity index is 1.83. The SMILES string of the molecule is CC(C)CSCc1noc([C@H]2C[C@H](O)CN2)n1. The minimum atomic E-state index is -0.300. The second-order valence-corrected chi connectivity index (χ2v) is 5.84. The molecule has 0 amide bonds. The highest BCUT2D eigenvalue weighted by molar-refractivity contribution is 7.98. The summed E-state index contributed by atoms with van der Waals surface area (Å²) in [6, 6.07) is 0.0151. The van der Waals surface area contributed by atoms with Gasteiger partial charge in [0, 0.05) is 6.54 Å². The summed E-state index contributed by atoms with van der Waals surface area (Å²) < 4.78 is 5.21. The highest BCUT2D eigenvalue weighted by Gasteiger charge is 2.27. The van der Waals surface area contributed by atoms with Gasteiger partial charge in [-0.2, -0.15) is 16.7 Å². The van der Waals surface area contributed by atoms with Crippen molar-refractivity contribution in [2.75, 3.05) is 12.3 Å². The molecule has 2 heterocycles. The maximum atomic E-state index is 9.41. The van der Waals surface area contributed by atoms with Crippen molar-refractivity contribution in [1.82, 2.24) is 15.5 Å². The summed E-state index contributed by atoms with van der Waals surface area (Å²) in [4.78, 5) is 4.35. The molecule has 0 bridgehead atoms. The third-order valence-electron chi connectivity index (χ3n) is 2.57. The summed E-state index contributed by atoms with van der Waals surface area (Å²) >= 11 is 1.82. The van der Waals surface area contributed by atoms with Crippen LogP contribution >= 0.6 is 11.8 Å². The van der Waals surface area contributed by atoms with Gasteiger partial charge in [-0.15, -0.1) is 0 Å². The number of hydrogen-bond acceptors (Lipinski definition) is 6. The summed E-state index contributed by atoms with van der Waals surface area (Å²) in [5, 5.41) is 16.5. The molecule has 2 N–H and O–H groups in total. The molecule has 6 heteroatoms. The number of thioether (sulfide) groups is 1. The fourth-order valence-electron chi connectivity index (χ4n) is 1.76. The van der Waals surface area contributed by atoms with E-state index in [1.165, 1.54) is 0 Å². The van der Waals surface area contributed by atoms with Crippen molar-refractivity contribution < 1.29 is 9.63 Å². The van der Waals surface area contributed by atoms with Crippen molar-refractivity contribution in [3.05, 3.63) is 11.7 Å². The zero-order valence-electron chi connectivity index (χ0n) is 10.2. The highest BCUT2D eigenvalue weighted by Crippen LogP contribution is 2.22. The van der Waals surface area contributed by atoms with E-state index in [0.29, 0.717) is 24.8 Å². The molecular formula is C11H19N3O2S. The number of aliphatic hydroxyl groups is 1. The first-order valence-electron chi connectivity index (χ1n) is 5.97. The van der Waals surface area contributed by atoms with E-state index in [4.69, 9.17) is 4.52 Å². The third-order valence-corrected chi connectivity index (χ3v) is 3.94. The van der Waals surface area contributed by atoms with E-state index in [0.717, 1.165) is 17.3 Å². The summed E-state index contributed by atoms with van der Waals surface area (Å²) in [5.74, 6) is 3.91. The van der Waals surface area contributed by atoms with Crippen LogP contribution in [0.15, 0.2) is 4.52 Å². The molecule has 2 atom stereocenters. The van der Waals surface area contributed by atoms with Crippen molar-refractivity contribution in [2.24, 2.45) is 5.92 Å². The molecule has 0 unspecified atom stereocenters. The van der Waals surface area contributed by atoms with E-state index >= 15 is 0 Å². The predicted octanol–water partition coefficient (Wildman–Crippen LogP) is 1.35. The van der Waals surface area contributed by atoms with Crippen molar-refractivity contribution in [2.45, 2.75) is 38.2 Å². The van der Waals surface area contributed by atoms with Crippen molar-refractivity contribution in [3.63, 3.8) is 0 Å². The summed E-state index contributed by atoms with van der Waals surface area (Å²) in [6.07, 6.45) is 0.353. The van der Waals surface area contributed by atoms with Crippen molar-refractivity contribution in [1.29, 1.82) is 0 Å². The molecule has 1 saturated heterocycles. The molecular weight excluding hydrogens is 238 g/mol. The van der Waals surface area contributed by atoms with Gasteiger partial charge in [-0.3, -0.25) is 0 Å². The number of β-amino-alcohol motifs (C(OH)–C–C–N with tert-alkyl or cyclic N) is 1. The van der Waals surface area contributed by atoms with Crippen LogP contribution in [-0.2, 0) is 5.75 Å². The monoisotopic (exact) mass is 257 g/mol. The molecule has 2 rings (SSSR count). The molecule has 0 spiro atoms. The quantitative estimate of drug-likeness (QED) is 0.830. The lowest BCUT2D eigenvalue weighted by atomic mass is 10.2. The average Bonchev–Trinajstić information content (AvgIpc) is 2.86. The number of nitrogens with one attached hydrogen (secondary N) is 1. The van der Waals surface area contributed by atoms with Crippen LogP contribution in [0.1, 0.15) is 38.0 Å². The first-order chi connectivity index (χ1) is 8.15. The normalized spacial score (nSPS) is 24.7. The molecule has 1 aliphatic rings. The maximum absolute atomic E-state index is 9.41. The minimum Gasteiger partial charge on any atom is -0.392 e. The lowest BCUT2D eigenvalue weighted by molar-refractivity contribution is 0.191. The molecule has 0 radical (unpaired) electrons. The first-order valence-corrected chi connectivity index (χ1v) is 7.12. The molecule has 96 valence electrons. The van der Waals surface area contributed by atoms with Gasteiger partial charge in [0.25, 0.3) is 0 Å². The van der Waals surface area contributed by atoms with E-state index in [1.54, 1.807) is 0 Å². The van der Waals surface area contributed by atoms with Crippen LogP contribution in [0.25, 0.3) is 0 Å². The number of aromatic nitrogens is 2. The Morgan fingerprint density at radius 1 is 1.59 bits per heavy atom. The van der Waals surface area contributed by atoms with E-state index in [1.807, 2.05) is 11.8 Å². The molecule has 1 aromatic heterocycles. The number of nitrogens with zero attached hydrogens (tertiary/aromatic N) is 2. The summed E-state index contributed by atoms with van der Waals surface area (Å²) in [6.45, 7) is 4.99. The third kappa shape index (κ3) is 3.69. The second kappa shape index (κ2) is 5.84. The molecule has 5 nitrogen and oxygen atoms in total. The zero-order chi connectivity index (χ0) is 12.3. The van der Waals surface area contributed by atoms with Crippen LogP contribution in [0, 0.1) is 5.92 Å². The highest BCUT2D eigenvalue weighted by atomic mass is 32.2. The Morgan fingerprint density at radius 3 is 3.06 bits per heavy atom. The van der Waals surface area contributed by atoms with Crippen molar-refractivity contribution in [3.8, 4) is 0 Å². The molecule has 1 fully saturated rings. The second-order valence-electron chi connectivity index (χ2n) is 4.81. The van der Waals surface area contributed by atoms with Gasteiger partial charge in [0.15, 0.2) is 5.82 Å². The van der Waals surface area contributed by atoms with Gasteiger partial charge in [0.05, 0.1) is 17.9 Å². The standard InChI is InChI=1S/C11H19N3O2S/c1-7(2)5-17-6-10-13-11(16-14-10)9-3-8(15)4-12-9/h7-9,12,15H,3-6H2,1-2H3/t8-,9+/m0/s1. The van der Waals surface area contributed by atoms with Crippen LogP contribution < -0.4 is 5.32 Å². The minimum absolute atomic E-state index is 0.0151. The van der Waals surface area contributed by atoms with Crippen LogP contribution in [-0.4, -0.2) is 33.6 Å². The molecule has 0 aliphatic carbocycles. The van der Waals surface area contributed by atoms with Crippen LogP contribution in [0.4, 0.5) is 0 Å². The topological polar surface area (TPSA) is 71.2 Å². The predicted molar refractivity (Wildman–Crippen MR) is 66.7 cm³/mol. The average molecular weight is 257 g/mol. The Kier molecular flexibility index (Phi) is 4.42.